The van der Waals surface area contributed by atoms with Gasteiger partial charge in [-0.25, -0.2) is 0 Å². The van der Waals surface area contributed by atoms with Crippen molar-refractivity contribution in [1.29, 1.82) is 0 Å². The minimum atomic E-state index is -0.257. The molecular formula is C25H26N2O4. The van der Waals surface area contributed by atoms with Gasteiger partial charge in [0.05, 0.1) is 32.7 Å². The SMILES string of the molecule is COc1cc(/C=C/C(=O)Nc2ccccc2Nc2ccc(C)cc2)cc(OC)c1OC. The van der Waals surface area contributed by atoms with Crippen LogP contribution in [0.3, 0.4) is 0 Å². The molecule has 6 nitrogen and oxygen atoms in total. The van der Waals surface area contributed by atoms with Crippen molar-refractivity contribution >= 4 is 29.0 Å². The maximum atomic E-state index is 12.6. The number of hydrogen-bond donors (Lipinski definition) is 2. The average molecular weight is 418 g/mol. The first-order valence-corrected chi connectivity index (χ1v) is 9.76. The van der Waals surface area contributed by atoms with E-state index in [1.807, 2.05) is 55.5 Å². The summed E-state index contributed by atoms with van der Waals surface area (Å²) in [6.07, 6.45) is 3.15. The number of carbonyl (C=O) groups is 1. The van der Waals surface area contributed by atoms with Gasteiger partial charge in [0.15, 0.2) is 11.5 Å². The second-order valence-electron chi connectivity index (χ2n) is 6.82. The fourth-order valence-electron chi connectivity index (χ4n) is 3.04. The zero-order valence-corrected chi connectivity index (χ0v) is 18.1. The molecule has 0 radical (unpaired) electrons. The van der Waals surface area contributed by atoms with Gasteiger partial charge in [-0.1, -0.05) is 29.8 Å². The number of benzene rings is 3. The molecule has 0 aliphatic carbocycles. The van der Waals surface area contributed by atoms with Gasteiger partial charge < -0.3 is 24.8 Å². The third-order valence-electron chi connectivity index (χ3n) is 4.63. The van der Waals surface area contributed by atoms with Crippen molar-refractivity contribution in [2.24, 2.45) is 0 Å². The molecule has 0 aromatic heterocycles. The Balaban J connectivity index is 1.75. The van der Waals surface area contributed by atoms with Crippen LogP contribution in [0, 0.1) is 6.92 Å². The van der Waals surface area contributed by atoms with Gasteiger partial charge in [-0.3, -0.25) is 4.79 Å². The molecule has 0 atom stereocenters. The molecule has 0 saturated heterocycles. The highest BCUT2D eigenvalue weighted by Crippen LogP contribution is 2.38. The zero-order chi connectivity index (χ0) is 22.2. The number of ether oxygens (including phenoxy) is 3. The van der Waals surface area contributed by atoms with Crippen LogP contribution in [0.1, 0.15) is 11.1 Å². The standard InChI is InChI=1S/C25H26N2O4/c1-17-9-12-19(13-10-17)26-20-7-5-6-8-21(20)27-24(28)14-11-18-15-22(29-2)25(31-4)23(16-18)30-3/h5-16,26H,1-4H3,(H,27,28)/b14-11+. The average Bonchev–Trinajstić information content (AvgIpc) is 2.79. The fourth-order valence-corrected chi connectivity index (χ4v) is 3.04. The van der Waals surface area contributed by atoms with E-state index in [1.165, 1.54) is 11.6 Å². The van der Waals surface area contributed by atoms with Gasteiger partial charge in [-0.05, 0) is 55.0 Å². The largest absolute Gasteiger partial charge is 0.493 e. The number of rotatable bonds is 8. The Hall–Kier alpha value is -3.93. The van der Waals surface area contributed by atoms with Crippen LogP contribution in [0.15, 0.2) is 66.7 Å². The van der Waals surface area contributed by atoms with Crippen molar-refractivity contribution in [2.75, 3.05) is 32.0 Å². The first-order chi connectivity index (χ1) is 15.0. The van der Waals surface area contributed by atoms with Crippen LogP contribution < -0.4 is 24.8 Å². The van der Waals surface area contributed by atoms with E-state index in [4.69, 9.17) is 14.2 Å². The van der Waals surface area contributed by atoms with Crippen LogP contribution in [-0.4, -0.2) is 27.2 Å². The molecule has 160 valence electrons. The molecule has 0 spiro atoms. The van der Waals surface area contributed by atoms with E-state index in [0.29, 0.717) is 22.9 Å². The van der Waals surface area contributed by atoms with Crippen LogP contribution >= 0.6 is 0 Å². The molecule has 0 heterocycles. The Morgan fingerprint density at radius 2 is 1.45 bits per heavy atom. The topological polar surface area (TPSA) is 68.8 Å². The molecule has 3 aromatic rings. The highest BCUT2D eigenvalue weighted by atomic mass is 16.5. The van der Waals surface area contributed by atoms with E-state index >= 15 is 0 Å². The van der Waals surface area contributed by atoms with Gasteiger partial charge in [-0.15, -0.1) is 0 Å². The quantitative estimate of drug-likeness (QED) is 0.478. The third kappa shape index (κ3) is 5.57. The van der Waals surface area contributed by atoms with Gasteiger partial charge in [0.1, 0.15) is 0 Å². The molecule has 3 aromatic carbocycles. The normalized spacial score (nSPS) is 10.6. The first-order valence-electron chi connectivity index (χ1n) is 9.76. The van der Waals surface area contributed by atoms with Crippen LogP contribution in [-0.2, 0) is 4.79 Å². The maximum Gasteiger partial charge on any atom is 0.248 e. The monoisotopic (exact) mass is 418 g/mol. The molecule has 0 unspecified atom stereocenters. The van der Waals surface area contributed by atoms with Gasteiger partial charge in [0, 0.05) is 11.8 Å². The third-order valence-corrected chi connectivity index (χ3v) is 4.63. The Kier molecular flexibility index (Phi) is 7.17. The summed E-state index contributed by atoms with van der Waals surface area (Å²) < 4.78 is 16.0. The van der Waals surface area contributed by atoms with E-state index in [1.54, 1.807) is 39.5 Å². The predicted molar refractivity (Wildman–Crippen MR) is 125 cm³/mol. The zero-order valence-electron chi connectivity index (χ0n) is 18.1. The van der Waals surface area contributed by atoms with E-state index in [-0.39, 0.29) is 5.91 Å². The van der Waals surface area contributed by atoms with Crippen molar-refractivity contribution in [2.45, 2.75) is 6.92 Å². The van der Waals surface area contributed by atoms with Gasteiger partial charge in [0.2, 0.25) is 11.7 Å². The van der Waals surface area contributed by atoms with Crippen LogP contribution in [0.5, 0.6) is 17.2 Å². The minimum Gasteiger partial charge on any atom is -0.493 e. The Morgan fingerprint density at radius 3 is 2.03 bits per heavy atom. The maximum absolute atomic E-state index is 12.6. The smallest absolute Gasteiger partial charge is 0.248 e. The van der Waals surface area contributed by atoms with E-state index < -0.39 is 0 Å². The lowest BCUT2D eigenvalue weighted by Crippen LogP contribution is -2.09. The van der Waals surface area contributed by atoms with Crippen LogP contribution in [0.4, 0.5) is 17.1 Å². The number of aryl methyl sites for hydroxylation is 1. The number of nitrogens with one attached hydrogen (secondary N) is 2. The van der Waals surface area contributed by atoms with Crippen molar-refractivity contribution in [1.82, 2.24) is 0 Å². The van der Waals surface area contributed by atoms with E-state index in [0.717, 1.165) is 16.9 Å². The van der Waals surface area contributed by atoms with Crippen molar-refractivity contribution in [3.8, 4) is 17.2 Å². The molecule has 1 amide bonds. The van der Waals surface area contributed by atoms with Crippen molar-refractivity contribution < 1.29 is 19.0 Å². The second-order valence-corrected chi connectivity index (χ2v) is 6.82. The number of amides is 1. The van der Waals surface area contributed by atoms with Crippen molar-refractivity contribution in [3.05, 3.63) is 77.9 Å². The number of para-hydroxylation sites is 2. The Labute approximate surface area is 182 Å². The van der Waals surface area contributed by atoms with Crippen LogP contribution in [0.25, 0.3) is 6.08 Å². The minimum absolute atomic E-state index is 0.257. The molecule has 2 N–H and O–H groups in total. The summed E-state index contributed by atoms with van der Waals surface area (Å²) in [5.41, 5.74) is 4.36. The molecule has 0 aliphatic heterocycles. The molecule has 0 saturated carbocycles. The Bertz CT molecular complexity index is 1050. The number of methoxy groups -OCH3 is 3. The lowest BCUT2D eigenvalue weighted by atomic mass is 10.1. The number of carbonyl (C=O) groups excluding carboxylic acids is 1. The number of anilines is 3. The van der Waals surface area contributed by atoms with Crippen LogP contribution in [0.2, 0.25) is 0 Å². The molecule has 3 rings (SSSR count). The molecule has 0 aliphatic rings. The van der Waals surface area contributed by atoms with E-state index in [2.05, 4.69) is 10.6 Å². The van der Waals surface area contributed by atoms with E-state index in [9.17, 15) is 4.79 Å². The van der Waals surface area contributed by atoms with Gasteiger partial charge >= 0.3 is 0 Å². The molecular weight excluding hydrogens is 392 g/mol. The summed E-state index contributed by atoms with van der Waals surface area (Å²) >= 11 is 0. The Morgan fingerprint density at radius 1 is 0.839 bits per heavy atom. The second kappa shape index (κ2) is 10.2. The predicted octanol–water partition coefficient (Wildman–Crippen LogP) is 5.42. The molecule has 6 heteroatoms. The van der Waals surface area contributed by atoms with Gasteiger partial charge in [-0.2, -0.15) is 0 Å². The highest BCUT2D eigenvalue weighted by Gasteiger charge is 2.12. The highest BCUT2D eigenvalue weighted by molar-refractivity contribution is 6.04. The fraction of sp³-hybridized carbons (Fsp3) is 0.160. The molecule has 0 bridgehead atoms. The summed E-state index contributed by atoms with van der Waals surface area (Å²) in [6.45, 7) is 2.04. The lowest BCUT2D eigenvalue weighted by Gasteiger charge is -2.13. The van der Waals surface area contributed by atoms with Gasteiger partial charge in [0.25, 0.3) is 0 Å². The summed E-state index contributed by atoms with van der Waals surface area (Å²) in [4.78, 5) is 12.6. The number of hydrogen-bond acceptors (Lipinski definition) is 5. The summed E-state index contributed by atoms with van der Waals surface area (Å²) in [5, 5.41) is 6.25. The summed E-state index contributed by atoms with van der Waals surface area (Å²) in [6, 6.07) is 19.2. The lowest BCUT2D eigenvalue weighted by molar-refractivity contribution is -0.111. The molecule has 0 fully saturated rings. The first kappa shape index (κ1) is 21.8. The summed E-state index contributed by atoms with van der Waals surface area (Å²) in [7, 11) is 4.65. The summed E-state index contributed by atoms with van der Waals surface area (Å²) in [5.74, 6) is 1.29. The van der Waals surface area contributed by atoms with Crippen molar-refractivity contribution in [3.63, 3.8) is 0 Å². The molecule has 31 heavy (non-hydrogen) atoms.